The highest BCUT2D eigenvalue weighted by molar-refractivity contribution is 6.23. The summed E-state index contributed by atoms with van der Waals surface area (Å²) in [7, 11) is 0. The summed E-state index contributed by atoms with van der Waals surface area (Å²) in [5.74, 6) is 0. The van der Waals surface area contributed by atoms with Gasteiger partial charge < -0.3 is 9.64 Å². The van der Waals surface area contributed by atoms with Crippen LogP contribution < -0.4 is 4.90 Å². The van der Waals surface area contributed by atoms with Gasteiger partial charge in [0.15, 0.2) is 0 Å². The molecule has 0 amide bonds. The topological polar surface area (TPSA) is 13.7 Å². The molecular weight excluding hydrogens is 306 g/mol. The number of benzene rings is 4. The SMILES string of the molecule is C[C@@H]1C[NH+](Cc2ccc3ccc4cccc5ccc2c3c45)C[C@@H](C)O1. The van der Waals surface area contributed by atoms with E-state index in [4.69, 9.17) is 4.74 Å². The maximum atomic E-state index is 5.91. The molecule has 2 heteroatoms. The summed E-state index contributed by atoms with van der Waals surface area (Å²) in [6.07, 6.45) is 0.692. The highest BCUT2D eigenvalue weighted by Gasteiger charge is 2.26. The van der Waals surface area contributed by atoms with E-state index in [0.717, 1.165) is 19.6 Å². The first kappa shape index (κ1) is 15.1. The first-order chi connectivity index (χ1) is 12.2. The summed E-state index contributed by atoms with van der Waals surface area (Å²) in [5, 5.41) is 8.30. The van der Waals surface area contributed by atoms with Crippen molar-refractivity contribution in [3.8, 4) is 0 Å². The predicted molar refractivity (Wildman–Crippen MR) is 105 cm³/mol. The third kappa shape index (κ3) is 2.48. The molecule has 2 nitrogen and oxygen atoms in total. The molecule has 0 saturated carbocycles. The summed E-state index contributed by atoms with van der Waals surface area (Å²) >= 11 is 0. The minimum atomic E-state index is 0.346. The molecular formula is C23H24NO+. The summed E-state index contributed by atoms with van der Waals surface area (Å²) in [6, 6.07) is 20.4. The molecule has 4 aromatic rings. The molecule has 1 saturated heterocycles. The van der Waals surface area contributed by atoms with Gasteiger partial charge in [0.05, 0.1) is 0 Å². The quantitative estimate of drug-likeness (QED) is 0.552. The van der Waals surface area contributed by atoms with Gasteiger partial charge in [-0.1, -0.05) is 54.6 Å². The zero-order valence-electron chi connectivity index (χ0n) is 14.9. The highest BCUT2D eigenvalue weighted by Crippen LogP contribution is 2.35. The third-order valence-corrected chi connectivity index (χ3v) is 5.68. The second-order valence-electron chi connectivity index (χ2n) is 7.67. The highest BCUT2D eigenvalue weighted by atomic mass is 16.5. The number of rotatable bonds is 2. The Kier molecular flexibility index (Phi) is 3.44. The van der Waals surface area contributed by atoms with Crippen LogP contribution >= 0.6 is 0 Å². The first-order valence-electron chi connectivity index (χ1n) is 9.33. The van der Waals surface area contributed by atoms with Gasteiger partial charge in [0.1, 0.15) is 31.8 Å². The van der Waals surface area contributed by atoms with Gasteiger partial charge in [0, 0.05) is 5.56 Å². The van der Waals surface area contributed by atoms with Crippen molar-refractivity contribution in [1.82, 2.24) is 0 Å². The molecule has 0 spiro atoms. The lowest BCUT2D eigenvalue weighted by molar-refractivity contribution is -0.928. The molecule has 1 heterocycles. The maximum Gasteiger partial charge on any atom is 0.104 e. The van der Waals surface area contributed by atoms with Crippen LogP contribution in [0.25, 0.3) is 32.3 Å². The molecule has 25 heavy (non-hydrogen) atoms. The van der Waals surface area contributed by atoms with E-state index in [9.17, 15) is 0 Å². The van der Waals surface area contributed by atoms with Gasteiger partial charge in [-0.2, -0.15) is 0 Å². The fraction of sp³-hybridized carbons (Fsp3) is 0.304. The molecule has 0 unspecified atom stereocenters. The molecule has 0 aromatic heterocycles. The zero-order valence-corrected chi connectivity index (χ0v) is 14.9. The zero-order chi connectivity index (χ0) is 17.0. The molecule has 1 N–H and O–H groups in total. The van der Waals surface area contributed by atoms with Gasteiger partial charge >= 0.3 is 0 Å². The van der Waals surface area contributed by atoms with Crippen LogP contribution in [0.3, 0.4) is 0 Å². The Balaban J connectivity index is 1.66. The summed E-state index contributed by atoms with van der Waals surface area (Å²) in [5.41, 5.74) is 1.46. The van der Waals surface area contributed by atoms with E-state index < -0.39 is 0 Å². The van der Waals surface area contributed by atoms with Crippen molar-refractivity contribution in [2.45, 2.75) is 32.6 Å². The van der Waals surface area contributed by atoms with Gasteiger partial charge in [-0.25, -0.2) is 0 Å². The summed E-state index contributed by atoms with van der Waals surface area (Å²) < 4.78 is 5.91. The van der Waals surface area contributed by atoms with E-state index >= 15 is 0 Å². The third-order valence-electron chi connectivity index (χ3n) is 5.68. The number of hydrogen-bond acceptors (Lipinski definition) is 1. The van der Waals surface area contributed by atoms with Crippen LogP contribution in [0.15, 0.2) is 54.6 Å². The van der Waals surface area contributed by atoms with Crippen molar-refractivity contribution >= 4 is 32.3 Å². The minimum absolute atomic E-state index is 0.346. The Hall–Kier alpha value is -2.16. The number of ether oxygens (including phenoxy) is 1. The van der Waals surface area contributed by atoms with Gasteiger partial charge in [-0.15, -0.1) is 0 Å². The lowest BCUT2D eigenvalue weighted by Crippen LogP contribution is -3.14. The Morgan fingerprint density at radius 3 is 2.12 bits per heavy atom. The molecule has 1 fully saturated rings. The van der Waals surface area contributed by atoms with E-state index in [0.29, 0.717) is 12.2 Å². The maximum absolute atomic E-state index is 5.91. The van der Waals surface area contributed by atoms with Crippen LogP contribution in [0.1, 0.15) is 19.4 Å². The van der Waals surface area contributed by atoms with E-state index in [1.54, 1.807) is 4.90 Å². The lowest BCUT2D eigenvalue weighted by atomic mass is 9.92. The van der Waals surface area contributed by atoms with Crippen molar-refractivity contribution in [3.05, 3.63) is 60.2 Å². The van der Waals surface area contributed by atoms with Crippen molar-refractivity contribution in [1.29, 1.82) is 0 Å². The Bertz CT molecular complexity index is 1030. The molecule has 0 bridgehead atoms. The monoisotopic (exact) mass is 330 g/mol. The lowest BCUT2D eigenvalue weighted by Gasteiger charge is -2.32. The summed E-state index contributed by atoms with van der Waals surface area (Å²) in [6.45, 7) is 7.64. The molecule has 0 aliphatic carbocycles. The van der Waals surface area contributed by atoms with Crippen LogP contribution in [0.4, 0.5) is 0 Å². The fourth-order valence-electron chi connectivity index (χ4n) is 4.75. The average molecular weight is 330 g/mol. The second-order valence-corrected chi connectivity index (χ2v) is 7.67. The number of nitrogens with one attached hydrogen (secondary N) is 1. The molecule has 126 valence electrons. The molecule has 2 atom stereocenters. The number of morpholine rings is 1. The smallest absolute Gasteiger partial charge is 0.104 e. The van der Waals surface area contributed by atoms with Crippen LogP contribution in [0, 0.1) is 0 Å². The minimum Gasteiger partial charge on any atom is -0.364 e. The molecule has 4 aromatic carbocycles. The molecule has 5 rings (SSSR count). The molecule has 1 aliphatic rings. The number of hydrogen-bond donors (Lipinski definition) is 1. The predicted octanol–water partition coefficient (Wildman–Crippen LogP) is 3.78. The van der Waals surface area contributed by atoms with Crippen LogP contribution in [0.2, 0.25) is 0 Å². The normalized spacial score (nSPS) is 24.5. The fourth-order valence-corrected chi connectivity index (χ4v) is 4.75. The van der Waals surface area contributed by atoms with Gasteiger partial charge in [0.25, 0.3) is 0 Å². The first-order valence-corrected chi connectivity index (χ1v) is 9.33. The van der Waals surface area contributed by atoms with Crippen LogP contribution in [0.5, 0.6) is 0 Å². The average Bonchev–Trinajstić information content (AvgIpc) is 2.60. The van der Waals surface area contributed by atoms with Crippen LogP contribution in [-0.2, 0) is 11.3 Å². The van der Waals surface area contributed by atoms with Crippen LogP contribution in [-0.4, -0.2) is 25.3 Å². The molecule has 1 aliphatic heterocycles. The van der Waals surface area contributed by atoms with E-state index in [-0.39, 0.29) is 0 Å². The van der Waals surface area contributed by atoms with E-state index in [2.05, 4.69) is 68.4 Å². The Morgan fingerprint density at radius 1 is 0.800 bits per heavy atom. The van der Waals surface area contributed by atoms with Gasteiger partial charge in [-0.05, 0) is 46.2 Å². The van der Waals surface area contributed by atoms with Crippen molar-refractivity contribution in [2.24, 2.45) is 0 Å². The van der Waals surface area contributed by atoms with Gasteiger partial charge in [-0.3, -0.25) is 0 Å². The number of quaternary nitrogens is 1. The molecule has 0 radical (unpaired) electrons. The second kappa shape index (κ2) is 5.69. The largest absolute Gasteiger partial charge is 0.364 e. The Labute approximate surface area is 148 Å². The van der Waals surface area contributed by atoms with E-state index in [1.807, 2.05) is 0 Å². The Morgan fingerprint density at radius 2 is 1.40 bits per heavy atom. The van der Waals surface area contributed by atoms with Crippen molar-refractivity contribution < 1.29 is 9.64 Å². The van der Waals surface area contributed by atoms with Gasteiger partial charge in [0.2, 0.25) is 0 Å². The van der Waals surface area contributed by atoms with Crippen molar-refractivity contribution in [3.63, 3.8) is 0 Å². The standard InChI is InChI=1S/C23H23NO/c1-15-12-24(13-16(2)25-15)14-20-9-8-19-7-6-17-4-3-5-18-10-11-21(20)23(19)22(17)18/h3-11,15-16H,12-14H2,1-2H3/p+1/t15-,16-/m1/s1. The van der Waals surface area contributed by atoms with Crippen molar-refractivity contribution in [2.75, 3.05) is 13.1 Å². The summed E-state index contributed by atoms with van der Waals surface area (Å²) in [4.78, 5) is 1.63. The van der Waals surface area contributed by atoms with E-state index in [1.165, 1.54) is 37.9 Å².